The Bertz CT molecular complexity index is 2640. The Morgan fingerprint density at radius 2 is 0.604 bits per heavy atom. The first-order valence-corrected chi connectivity index (χ1v) is 44.3. The van der Waals surface area contributed by atoms with E-state index in [-0.39, 0.29) is 126 Å². The molecular weight excluding hydrogens is 1500 g/mol. The monoisotopic (exact) mass is 1640 g/mol. The molecule has 3 fully saturated rings. The van der Waals surface area contributed by atoms with Gasteiger partial charge in [-0.25, -0.2) is 4.57 Å². The van der Waals surface area contributed by atoms with Crippen LogP contribution in [0.4, 0.5) is 0 Å². The predicted octanol–water partition coefficient (Wildman–Crippen LogP) is 5.56. The summed E-state index contributed by atoms with van der Waals surface area (Å²) in [7, 11) is -8.55. The number of hydrogen-bond acceptors (Lipinski definition) is 29. The molecular formula is C76H141N3O30P2. The molecule has 35 heteroatoms. The molecule has 11 N–H and O–H groups in total. The van der Waals surface area contributed by atoms with Gasteiger partial charge in [0.15, 0.2) is 18.9 Å². The van der Waals surface area contributed by atoms with Crippen molar-refractivity contribution in [2.45, 2.75) is 307 Å². The van der Waals surface area contributed by atoms with Gasteiger partial charge in [-0.05, 0) is 90.9 Å². The normalized spacial score (nSPS) is 25.3. The first-order chi connectivity index (χ1) is 53.0. The third-order valence-electron chi connectivity index (χ3n) is 20.3. The molecule has 3 heterocycles. The summed E-state index contributed by atoms with van der Waals surface area (Å²) in [5, 5.41) is 99.1. The minimum absolute atomic E-state index is 0.0542. The van der Waals surface area contributed by atoms with E-state index in [1.54, 1.807) is 25.7 Å². The lowest BCUT2D eigenvalue weighted by Gasteiger charge is -2.40. The number of carbonyl (C=O) groups excluding carboxylic acids is 6. The smallest absolute Gasteiger partial charge is 0.395 e. The lowest BCUT2D eigenvalue weighted by atomic mass is 9.92. The van der Waals surface area contributed by atoms with Crippen LogP contribution in [0.25, 0.3) is 0 Å². The van der Waals surface area contributed by atoms with Crippen LogP contribution in [0.3, 0.4) is 0 Å². The van der Waals surface area contributed by atoms with Crippen LogP contribution in [0.2, 0.25) is 0 Å². The summed E-state index contributed by atoms with van der Waals surface area (Å²) < 4.78 is 88.6. The molecule has 0 aromatic heterocycles. The molecule has 0 bridgehead atoms. The summed E-state index contributed by atoms with van der Waals surface area (Å²) in [6.07, 6.45) is 4.68. The van der Waals surface area contributed by atoms with Gasteiger partial charge in [-0.15, -0.1) is 0 Å². The van der Waals surface area contributed by atoms with Crippen LogP contribution in [0, 0.1) is 17.8 Å². The standard InChI is InChI=1S/C76H141N3O30P2/c1-55(2)99-47-38-78(66(88)35-23-11-8-17-29-60(85)32-20-14-26-45-101-75-57(4)69(91)72(94)63(53-82)108-75)39-48-103-110(6,96)104-49-40-79(67(89)36-24-12-9-18-30-61(86)33-21-15-27-46-102-76-58(5)70(92)73(95)64(54-83)109-76)42-51-106-111(97,98)105-50-41-77(37-43-80)65(87)34-22-10-7-16-28-59(84)31-19-13-25-44-100-74-56(3)68(90)71(93)62(52-81)107-74/h55-58,62-64,68-76,80-83,90-95H,7-54H2,1-6H3,(H,97,98)/t56?,57?,58?,62?,63?,64?,68-,69-,70-,71+,72+,73+,74-,75-,76-,110?/m1/s1. The molecule has 0 spiro atoms. The van der Waals surface area contributed by atoms with Gasteiger partial charge in [0.2, 0.25) is 17.7 Å². The lowest BCUT2D eigenvalue weighted by molar-refractivity contribution is -0.282. The summed E-state index contributed by atoms with van der Waals surface area (Å²) in [6, 6.07) is 0. The fourth-order valence-corrected chi connectivity index (χ4v) is 14.8. The maximum atomic E-state index is 13.8. The average Bonchev–Trinajstić information content (AvgIpc) is 0.831. The van der Waals surface area contributed by atoms with Crippen LogP contribution in [-0.4, -0.2) is 311 Å². The van der Waals surface area contributed by atoms with E-state index < -0.39 is 140 Å². The van der Waals surface area contributed by atoms with E-state index in [9.17, 15) is 93.9 Å². The Hall–Kier alpha value is -3.00. The molecule has 650 valence electrons. The van der Waals surface area contributed by atoms with Gasteiger partial charge in [-0.1, -0.05) is 78.6 Å². The number of amides is 3. The molecule has 3 aliphatic rings. The number of aliphatic hydroxyl groups is 10. The van der Waals surface area contributed by atoms with Gasteiger partial charge in [0.05, 0.1) is 83.9 Å². The van der Waals surface area contributed by atoms with Gasteiger partial charge in [-0.3, -0.25) is 42.4 Å². The molecule has 8 unspecified atom stereocenters. The Kier molecular flexibility index (Phi) is 54.1. The quantitative estimate of drug-likeness (QED) is 0.0262. The van der Waals surface area contributed by atoms with Gasteiger partial charge in [0, 0.05) is 141 Å². The minimum Gasteiger partial charge on any atom is -0.395 e. The summed E-state index contributed by atoms with van der Waals surface area (Å²) in [5.74, 6) is -1.88. The second-order valence-electron chi connectivity index (χ2n) is 30.0. The number of Topliss-reactive ketones (excluding diaryl/α,β-unsaturated/α-hetero) is 3. The van der Waals surface area contributed by atoms with E-state index in [2.05, 4.69) is 0 Å². The Labute approximate surface area is 657 Å². The number of carbonyl (C=O) groups is 6. The lowest BCUT2D eigenvalue weighted by Crippen LogP contribution is -2.55. The highest BCUT2D eigenvalue weighted by Crippen LogP contribution is 2.44. The summed E-state index contributed by atoms with van der Waals surface area (Å²) in [6.45, 7) is 8.13. The fourth-order valence-electron chi connectivity index (χ4n) is 13.2. The zero-order valence-corrected chi connectivity index (χ0v) is 68.9. The molecule has 0 aromatic rings. The molecule has 3 aliphatic heterocycles. The molecule has 33 nitrogen and oxygen atoms in total. The van der Waals surface area contributed by atoms with Crippen molar-refractivity contribution in [3.8, 4) is 0 Å². The first-order valence-electron chi connectivity index (χ1n) is 40.8. The van der Waals surface area contributed by atoms with E-state index >= 15 is 0 Å². The van der Waals surface area contributed by atoms with Crippen LogP contribution in [0.1, 0.15) is 227 Å². The van der Waals surface area contributed by atoms with Gasteiger partial charge >= 0.3 is 15.4 Å². The van der Waals surface area contributed by atoms with Gasteiger partial charge in [0.1, 0.15) is 54.0 Å². The van der Waals surface area contributed by atoms with Gasteiger partial charge < -0.3 is 113 Å². The number of phosphoric acid groups is 1. The number of ketones is 3. The molecule has 3 rings (SSSR count). The summed E-state index contributed by atoms with van der Waals surface area (Å²) in [5.41, 5.74) is 0. The number of nitrogens with zero attached hydrogens (tertiary/aromatic N) is 3. The van der Waals surface area contributed by atoms with Crippen molar-refractivity contribution in [2.75, 3.05) is 125 Å². The predicted molar refractivity (Wildman–Crippen MR) is 407 cm³/mol. The largest absolute Gasteiger partial charge is 0.472 e. The molecule has 0 saturated carbocycles. The highest BCUT2D eigenvalue weighted by Gasteiger charge is 2.45. The third kappa shape index (κ3) is 42.8. The fraction of sp³-hybridized carbons (Fsp3) is 0.921. The van der Waals surface area contributed by atoms with Crippen LogP contribution in [0.15, 0.2) is 0 Å². The third-order valence-corrected chi connectivity index (χ3v) is 22.7. The van der Waals surface area contributed by atoms with Crippen molar-refractivity contribution in [1.82, 2.24) is 14.7 Å². The number of rotatable bonds is 67. The Morgan fingerprint density at radius 1 is 0.351 bits per heavy atom. The van der Waals surface area contributed by atoms with Crippen molar-refractivity contribution in [2.24, 2.45) is 17.8 Å². The highest BCUT2D eigenvalue weighted by molar-refractivity contribution is 7.53. The van der Waals surface area contributed by atoms with E-state index in [0.29, 0.717) is 161 Å². The van der Waals surface area contributed by atoms with Crippen LogP contribution in [0.5, 0.6) is 0 Å². The maximum absolute atomic E-state index is 13.8. The molecule has 3 amide bonds. The summed E-state index contributed by atoms with van der Waals surface area (Å²) in [4.78, 5) is 93.4. The summed E-state index contributed by atoms with van der Waals surface area (Å²) >= 11 is 0. The number of ether oxygens (including phenoxy) is 7. The Balaban J connectivity index is 1.43. The van der Waals surface area contributed by atoms with E-state index in [1.807, 2.05) is 13.8 Å². The second kappa shape index (κ2) is 58.8. The second-order valence-corrected chi connectivity index (χ2v) is 33.5. The van der Waals surface area contributed by atoms with Crippen LogP contribution >= 0.6 is 15.4 Å². The molecule has 3 saturated heterocycles. The first kappa shape index (κ1) is 102. The van der Waals surface area contributed by atoms with Crippen molar-refractivity contribution in [3.05, 3.63) is 0 Å². The molecule has 0 aromatic carbocycles. The average molecular weight is 1640 g/mol. The number of hydrogen-bond donors (Lipinski definition) is 11. The maximum Gasteiger partial charge on any atom is 0.472 e. The highest BCUT2D eigenvalue weighted by atomic mass is 31.2. The zero-order valence-electron chi connectivity index (χ0n) is 67.1. The van der Waals surface area contributed by atoms with Gasteiger partial charge in [-0.2, -0.15) is 0 Å². The number of unbranched alkanes of at least 4 members (excludes halogenated alkanes) is 15. The van der Waals surface area contributed by atoms with E-state index in [1.165, 1.54) is 16.5 Å². The molecule has 17 atom stereocenters. The van der Waals surface area contributed by atoms with Crippen molar-refractivity contribution in [1.29, 1.82) is 0 Å². The number of aliphatic hydroxyl groups excluding tert-OH is 10. The van der Waals surface area contributed by atoms with E-state index in [4.69, 9.17) is 51.3 Å². The SMILES string of the molecule is CC(C)OCCN(CCOP(C)(=O)OCCN(CCOP(=O)(O)OCCN(CCO)C(=O)CCCCCCC(=O)CCCCCO[C@@H]1OC(CO)[C@H](O)[C@H](O)C1C)C(=O)CCCCCCC(=O)CCCCCO[C@@H]1OC(CO)[C@H](O)[C@H](O)C1C)C(=O)CCCCCCC(=O)CCCCCO[C@@H]1OC(CO)[C@H](O)[C@H](O)C1C. The Morgan fingerprint density at radius 3 is 0.874 bits per heavy atom. The van der Waals surface area contributed by atoms with Gasteiger partial charge in [0.25, 0.3) is 0 Å². The minimum atomic E-state index is -4.76. The van der Waals surface area contributed by atoms with Crippen LogP contribution in [-0.2, 0) is 89.2 Å². The number of phosphoric ester groups is 1. The van der Waals surface area contributed by atoms with E-state index in [0.717, 1.165) is 32.1 Å². The molecule has 111 heavy (non-hydrogen) atoms. The molecule has 0 aliphatic carbocycles. The topological polar surface area (TPSA) is 470 Å². The van der Waals surface area contributed by atoms with Crippen molar-refractivity contribution in [3.63, 3.8) is 0 Å². The molecule has 0 radical (unpaired) electrons. The van der Waals surface area contributed by atoms with Crippen molar-refractivity contribution >= 4 is 50.5 Å². The van der Waals surface area contributed by atoms with Crippen molar-refractivity contribution < 1.29 is 145 Å². The zero-order chi connectivity index (χ0) is 82.2. The van der Waals surface area contributed by atoms with Crippen LogP contribution < -0.4 is 0 Å².